The lowest BCUT2D eigenvalue weighted by Gasteiger charge is -2.27. The van der Waals surface area contributed by atoms with Gasteiger partial charge in [0.05, 0.1) is 24.7 Å². The summed E-state index contributed by atoms with van der Waals surface area (Å²) in [5.74, 6) is 1.99. The summed E-state index contributed by atoms with van der Waals surface area (Å²) in [4.78, 5) is 27.8. The number of amides is 1. The van der Waals surface area contributed by atoms with Gasteiger partial charge in [-0.05, 0) is 49.9 Å². The molecule has 1 amide bonds. The Hall–Kier alpha value is -3.69. The maximum absolute atomic E-state index is 12.0. The molecule has 1 aliphatic carbocycles. The van der Waals surface area contributed by atoms with E-state index in [2.05, 4.69) is 38.9 Å². The molecule has 0 spiro atoms. The Morgan fingerprint density at radius 3 is 2.74 bits per heavy atom. The summed E-state index contributed by atoms with van der Waals surface area (Å²) in [5.41, 5.74) is 3.01. The van der Waals surface area contributed by atoms with E-state index < -0.39 is 0 Å². The molecule has 1 aliphatic heterocycles. The lowest BCUT2D eigenvalue weighted by atomic mass is 10.2. The predicted molar refractivity (Wildman–Crippen MR) is 149 cm³/mol. The largest absolute Gasteiger partial charge is 0.493 e. The number of fused-ring (bicyclic) bond motifs is 1. The third kappa shape index (κ3) is 5.69. The molecule has 2 aliphatic rings. The molecule has 6 rings (SSSR count). The summed E-state index contributed by atoms with van der Waals surface area (Å²) in [6.45, 7) is 5.80. The standard InChI is InChI=1S/C29H31ClN6O3/c1-29(10-11-29)39-28-25-27(32-19-33-28)36(18-20-6-3-2-4-7-20)26(34-25)22-9-8-21(16-23(22)30)38-15-5-13-35-14-12-31-17-24(35)37/h2-4,6-9,16,19,31H,5,10-15,17-18H2,1H3. The molecule has 9 nitrogen and oxygen atoms in total. The molecule has 0 radical (unpaired) electrons. The van der Waals surface area contributed by atoms with Crippen LogP contribution in [0.2, 0.25) is 5.02 Å². The number of halogens is 1. The van der Waals surface area contributed by atoms with Crippen LogP contribution >= 0.6 is 11.6 Å². The molecule has 202 valence electrons. The quantitative estimate of drug-likeness (QED) is 0.296. The fourth-order valence-corrected chi connectivity index (χ4v) is 4.97. The normalized spacial score (nSPS) is 16.5. The molecule has 39 heavy (non-hydrogen) atoms. The van der Waals surface area contributed by atoms with Crippen molar-refractivity contribution in [2.24, 2.45) is 0 Å². The van der Waals surface area contributed by atoms with Crippen molar-refractivity contribution in [3.8, 4) is 23.0 Å². The Bertz CT molecular complexity index is 1490. The number of hydrogen-bond acceptors (Lipinski definition) is 7. The Morgan fingerprint density at radius 2 is 1.97 bits per heavy atom. The van der Waals surface area contributed by atoms with E-state index in [1.165, 1.54) is 6.33 Å². The van der Waals surface area contributed by atoms with Crippen molar-refractivity contribution in [1.29, 1.82) is 0 Å². The zero-order valence-electron chi connectivity index (χ0n) is 21.9. The molecule has 1 N–H and O–H groups in total. The molecule has 1 saturated heterocycles. The van der Waals surface area contributed by atoms with Crippen molar-refractivity contribution in [3.05, 3.63) is 65.4 Å². The fourth-order valence-electron chi connectivity index (χ4n) is 4.72. The number of nitrogens with one attached hydrogen (secondary N) is 1. The number of carbonyl (C=O) groups excluding carboxylic acids is 1. The second-order valence-electron chi connectivity index (χ2n) is 10.3. The Balaban J connectivity index is 1.25. The van der Waals surface area contributed by atoms with Crippen molar-refractivity contribution >= 4 is 28.7 Å². The first-order valence-electron chi connectivity index (χ1n) is 13.3. The summed E-state index contributed by atoms with van der Waals surface area (Å²) >= 11 is 6.82. The van der Waals surface area contributed by atoms with Gasteiger partial charge in [0.25, 0.3) is 0 Å². The van der Waals surface area contributed by atoms with Gasteiger partial charge in [0.15, 0.2) is 11.2 Å². The van der Waals surface area contributed by atoms with Gasteiger partial charge in [-0.15, -0.1) is 0 Å². The van der Waals surface area contributed by atoms with Gasteiger partial charge in [0, 0.05) is 25.2 Å². The number of benzene rings is 2. The fraction of sp³-hybridized carbons (Fsp3) is 0.379. The molecular formula is C29H31ClN6O3. The van der Waals surface area contributed by atoms with E-state index in [-0.39, 0.29) is 11.5 Å². The van der Waals surface area contributed by atoms with Gasteiger partial charge in [-0.3, -0.25) is 4.79 Å². The van der Waals surface area contributed by atoms with Gasteiger partial charge in [-0.25, -0.2) is 9.97 Å². The van der Waals surface area contributed by atoms with Crippen LogP contribution in [0.1, 0.15) is 31.7 Å². The van der Waals surface area contributed by atoms with Gasteiger partial charge < -0.3 is 24.3 Å². The zero-order valence-corrected chi connectivity index (χ0v) is 22.7. The second-order valence-corrected chi connectivity index (χ2v) is 10.7. The van der Waals surface area contributed by atoms with E-state index in [0.29, 0.717) is 59.9 Å². The minimum absolute atomic E-state index is 0.136. The summed E-state index contributed by atoms with van der Waals surface area (Å²) in [6.07, 6.45) is 4.27. The number of imidazole rings is 1. The first-order valence-corrected chi connectivity index (χ1v) is 13.7. The maximum Gasteiger partial charge on any atom is 0.245 e. The van der Waals surface area contributed by atoms with Crippen LogP contribution in [0.3, 0.4) is 0 Å². The zero-order chi connectivity index (χ0) is 26.8. The van der Waals surface area contributed by atoms with E-state index in [1.807, 2.05) is 41.3 Å². The Labute approximate surface area is 232 Å². The van der Waals surface area contributed by atoms with Crippen LogP contribution in [-0.4, -0.2) is 68.7 Å². The number of nitrogens with zero attached hydrogens (tertiary/aromatic N) is 5. The molecule has 0 bridgehead atoms. The molecular weight excluding hydrogens is 516 g/mol. The average Bonchev–Trinajstić information content (AvgIpc) is 3.56. The molecule has 2 fully saturated rings. The minimum atomic E-state index is -0.195. The third-order valence-corrected chi connectivity index (χ3v) is 7.50. The Morgan fingerprint density at radius 1 is 1.13 bits per heavy atom. The highest BCUT2D eigenvalue weighted by molar-refractivity contribution is 6.33. The topological polar surface area (TPSA) is 94.4 Å². The molecule has 0 atom stereocenters. The molecule has 2 aromatic heterocycles. The number of rotatable bonds is 10. The monoisotopic (exact) mass is 546 g/mol. The Kier molecular flexibility index (Phi) is 7.10. The number of carbonyl (C=O) groups is 1. The number of piperazine rings is 1. The highest BCUT2D eigenvalue weighted by atomic mass is 35.5. The van der Waals surface area contributed by atoms with E-state index in [9.17, 15) is 4.79 Å². The molecule has 3 heterocycles. The van der Waals surface area contributed by atoms with Crippen molar-refractivity contribution in [2.45, 2.75) is 38.3 Å². The van der Waals surface area contributed by atoms with Crippen molar-refractivity contribution in [3.63, 3.8) is 0 Å². The summed E-state index contributed by atoms with van der Waals surface area (Å²) in [5, 5.41) is 3.62. The van der Waals surface area contributed by atoms with Gasteiger partial charge in [-0.1, -0.05) is 41.9 Å². The lowest BCUT2D eigenvalue weighted by Crippen LogP contribution is -2.48. The summed E-state index contributed by atoms with van der Waals surface area (Å²) < 4.78 is 14.2. The first-order chi connectivity index (χ1) is 19.0. The van der Waals surface area contributed by atoms with Gasteiger partial charge in [0.2, 0.25) is 11.8 Å². The predicted octanol–water partition coefficient (Wildman–Crippen LogP) is 4.33. The number of hydrogen-bond donors (Lipinski definition) is 1. The molecule has 4 aromatic rings. The van der Waals surface area contributed by atoms with Crippen LogP contribution in [0.25, 0.3) is 22.6 Å². The van der Waals surface area contributed by atoms with Crippen LogP contribution in [0.4, 0.5) is 0 Å². The van der Waals surface area contributed by atoms with Crippen LogP contribution in [-0.2, 0) is 11.3 Å². The SMILES string of the molecule is CC1(Oc2ncnc3c2nc(-c2ccc(OCCCN4CCNCC4=O)cc2Cl)n3Cc2ccccc2)CC1. The molecule has 0 unspecified atom stereocenters. The smallest absolute Gasteiger partial charge is 0.245 e. The molecule has 10 heteroatoms. The number of ether oxygens (including phenoxy) is 2. The molecule has 2 aromatic carbocycles. The summed E-state index contributed by atoms with van der Waals surface area (Å²) in [6, 6.07) is 15.8. The van der Waals surface area contributed by atoms with Crippen molar-refractivity contribution < 1.29 is 14.3 Å². The van der Waals surface area contributed by atoms with E-state index in [0.717, 1.165) is 43.5 Å². The first kappa shape index (κ1) is 25.6. The lowest BCUT2D eigenvalue weighted by molar-refractivity contribution is -0.132. The number of aromatic nitrogens is 4. The van der Waals surface area contributed by atoms with Gasteiger partial charge in [-0.2, -0.15) is 4.98 Å². The maximum atomic E-state index is 12.0. The third-order valence-electron chi connectivity index (χ3n) is 7.19. The van der Waals surface area contributed by atoms with Crippen LogP contribution in [0.15, 0.2) is 54.9 Å². The van der Waals surface area contributed by atoms with Crippen LogP contribution in [0, 0.1) is 0 Å². The van der Waals surface area contributed by atoms with E-state index in [1.54, 1.807) is 0 Å². The van der Waals surface area contributed by atoms with Crippen LogP contribution < -0.4 is 14.8 Å². The van der Waals surface area contributed by atoms with Crippen molar-refractivity contribution in [2.75, 3.05) is 32.8 Å². The molecule has 1 saturated carbocycles. The van der Waals surface area contributed by atoms with Crippen molar-refractivity contribution in [1.82, 2.24) is 29.7 Å². The highest BCUT2D eigenvalue weighted by Crippen LogP contribution is 2.41. The average molecular weight is 547 g/mol. The minimum Gasteiger partial charge on any atom is -0.493 e. The van der Waals surface area contributed by atoms with Gasteiger partial charge >= 0.3 is 0 Å². The highest BCUT2D eigenvalue weighted by Gasteiger charge is 2.41. The van der Waals surface area contributed by atoms with Crippen LogP contribution in [0.5, 0.6) is 11.6 Å². The summed E-state index contributed by atoms with van der Waals surface area (Å²) in [7, 11) is 0. The van der Waals surface area contributed by atoms with Gasteiger partial charge in [0.1, 0.15) is 23.5 Å². The van der Waals surface area contributed by atoms with E-state index in [4.69, 9.17) is 26.1 Å². The second kappa shape index (κ2) is 10.8. The van der Waals surface area contributed by atoms with E-state index >= 15 is 0 Å².